The number of alkyl halides is 1. The van der Waals surface area contributed by atoms with Crippen molar-refractivity contribution >= 4 is 45.9 Å². The Morgan fingerprint density at radius 2 is 2.00 bits per heavy atom. The maximum Gasteiger partial charge on any atom is 0.215 e. The molecule has 0 N–H and O–H groups in total. The third-order valence-electron chi connectivity index (χ3n) is 5.65. The number of ether oxygens (including phenoxy) is 3. The summed E-state index contributed by atoms with van der Waals surface area (Å²) in [5.41, 5.74) is 0.756. The molecule has 0 radical (unpaired) electrons. The van der Waals surface area contributed by atoms with Gasteiger partial charge in [-0.05, 0) is 43.5 Å². The number of carbonyl (C=O) groups is 1. The van der Waals surface area contributed by atoms with Crippen molar-refractivity contribution in [1.82, 2.24) is 0 Å². The minimum Gasteiger partial charge on any atom is -0.497 e. The highest BCUT2D eigenvalue weighted by molar-refractivity contribution is 14.1. The van der Waals surface area contributed by atoms with E-state index in [1.165, 1.54) is 0 Å². The van der Waals surface area contributed by atoms with Crippen LogP contribution in [0.4, 0.5) is 0 Å². The predicted molar refractivity (Wildman–Crippen MR) is 125 cm³/mol. The molecule has 2 aromatic rings. The summed E-state index contributed by atoms with van der Waals surface area (Å²) < 4.78 is 17.4. The standard InChI is InChI=1S/C23H23ClINO4/c1-14(29-13-15-7-9-16(28-2)10-8-15)22-26-23(17-5-3-4-6-18(17)24)12-11-19(25)20(30-22)21(23)27/h3-10,14,19-20H,11-13H2,1-2H3/t14?,19-,20+,23+/m0/s1. The van der Waals surface area contributed by atoms with Crippen molar-refractivity contribution in [3.63, 3.8) is 0 Å². The summed E-state index contributed by atoms with van der Waals surface area (Å²) >= 11 is 8.78. The molecule has 1 fully saturated rings. The zero-order valence-electron chi connectivity index (χ0n) is 16.8. The molecule has 1 saturated carbocycles. The maximum atomic E-state index is 13.4. The Labute approximate surface area is 194 Å². The molecule has 158 valence electrons. The van der Waals surface area contributed by atoms with Crippen LogP contribution in [0.15, 0.2) is 53.5 Å². The first-order chi connectivity index (χ1) is 14.4. The van der Waals surface area contributed by atoms with Crippen LogP contribution in [0.2, 0.25) is 5.02 Å². The lowest BCUT2D eigenvalue weighted by molar-refractivity contribution is -0.137. The zero-order chi connectivity index (χ0) is 21.3. The zero-order valence-corrected chi connectivity index (χ0v) is 19.7. The average molecular weight is 540 g/mol. The molecule has 1 aliphatic carbocycles. The lowest BCUT2D eigenvalue weighted by atomic mass is 9.73. The number of hydrogen-bond acceptors (Lipinski definition) is 5. The van der Waals surface area contributed by atoms with Crippen molar-refractivity contribution in [3.05, 3.63) is 64.7 Å². The van der Waals surface area contributed by atoms with E-state index in [2.05, 4.69) is 22.6 Å². The van der Waals surface area contributed by atoms with E-state index in [4.69, 9.17) is 30.8 Å². The second kappa shape index (κ2) is 8.85. The van der Waals surface area contributed by atoms with Crippen molar-refractivity contribution in [2.24, 2.45) is 4.99 Å². The molecule has 1 heterocycles. The lowest BCUT2D eigenvalue weighted by Gasteiger charge is -2.44. The summed E-state index contributed by atoms with van der Waals surface area (Å²) in [6.07, 6.45) is 0.499. The molecule has 0 saturated heterocycles. The van der Waals surface area contributed by atoms with Gasteiger partial charge in [0.25, 0.3) is 0 Å². The van der Waals surface area contributed by atoms with Crippen LogP contribution in [0, 0.1) is 0 Å². The number of methoxy groups -OCH3 is 1. The molecule has 1 unspecified atom stereocenters. The maximum absolute atomic E-state index is 13.4. The minimum atomic E-state index is -1.00. The second-order valence-electron chi connectivity index (χ2n) is 7.55. The number of nitrogens with zero attached hydrogens (tertiary/aromatic N) is 1. The molecule has 5 nitrogen and oxygen atoms in total. The number of benzene rings is 2. The van der Waals surface area contributed by atoms with Gasteiger partial charge in [-0.2, -0.15) is 0 Å². The largest absolute Gasteiger partial charge is 0.497 e. The third-order valence-corrected chi connectivity index (χ3v) is 7.26. The molecular formula is C23H23ClINO4. The quantitative estimate of drug-likeness (QED) is 0.378. The van der Waals surface area contributed by atoms with Crippen molar-refractivity contribution in [2.75, 3.05) is 7.11 Å². The van der Waals surface area contributed by atoms with Crippen LogP contribution in [-0.2, 0) is 26.4 Å². The van der Waals surface area contributed by atoms with Crippen LogP contribution in [0.25, 0.3) is 0 Å². The van der Waals surface area contributed by atoms with Crippen molar-refractivity contribution in [1.29, 1.82) is 0 Å². The summed E-state index contributed by atoms with van der Waals surface area (Å²) in [5, 5.41) is 0.549. The molecule has 2 bridgehead atoms. The monoisotopic (exact) mass is 539 g/mol. The molecular weight excluding hydrogens is 517 g/mol. The molecule has 7 heteroatoms. The second-order valence-corrected chi connectivity index (χ2v) is 9.56. The highest BCUT2D eigenvalue weighted by Crippen LogP contribution is 2.46. The number of carbonyl (C=O) groups excluding carboxylic acids is 1. The van der Waals surface area contributed by atoms with Gasteiger partial charge in [0.2, 0.25) is 11.7 Å². The Morgan fingerprint density at radius 1 is 1.27 bits per heavy atom. The number of aliphatic imine (C=N–C) groups is 1. The predicted octanol–water partition coefficient (Wildman–Crippen LogP) is 5.11. The van der Waals surface area contributed by atoms with Crippen LogP contribution in [-0.4, -0.2) is 34.9 Å². The number of halogens is 2. The Balaban J connectivity index is 1.61. The molecule has 30 heavy (non-hydrogen) atoms. The Morgan fingerprint density at radius 3 is 2.70 bits per heavy atom. The number of rotatable bonds is 6. The molecule has 1 aliphatic heterocycles. The first-order valence-corrected chi connectivity index (χ1v) is 11.5. The van der Waals surface area contributed by atoms with Gasteiger partial charge in [0.1, 0.15) is 11.9 Å². The SMILES string of the molecule is COc1ccc(COC(C)C2=N[C@@]3(c4ccccc4Cl)CC[C@H](I)[C@@H](O2)C3=O)cc1. The van der Waals surface area contributed by atoms with E-state index in [0.717, 1.165) is 23.3 Å². The van der Waals surface area contributed by atoms with Gasteiger partial charge in [-0.3, -0.25) is 4.79 Å². The normalized spacial score (nSPS) is 26.5. The highest BCUT2D eigenvalue weighted by Gasteiger charge is 2.55. The van der Waals surface area contributed by atoms with E-state index in [-0.39, 0.29) is 9.71 Å². The fourth-order valence-electron chi connectivity index (χ4n) is 3.93. The topological polar surface area (TPSA) is 57.1 Å². The van der Waals surface area contributed by atoms with E-state index >= 15 is 0 Å². The van der Waals surface area contributed by atoms with Crippen LogP contribution in [0.3, 0.4) is 0 Å². The van der Waals surface area contributed by atoms with E-state index in [0.29, 0.717) is 23.9 Å². The summed E-state index contributed by atoms with van der Waals surface area (Å²) in [4.78, 5) is 18.2. The van der Waals surface area contributed by atoms with Gasteiger partial charge in [-0.25, -0.2) is 4.99 Å². The Hall–Kier alpha value is -1.64. The lowest BCUT2D eigenvalue weighted by Crippen LogP contribution is -2.56. The molecule has 4 rings (SSSR count). The summed E-state index contributed by atoms with van der Waals surface area (Å²) in [7, 11) is 1.64. The minimum absolute atomic E-state index is 0.0210. The fourth-order valence-corrected chi connectivity index (χ4v) is 5.01. The molecule has 0 amide bonds. The van der Waals surface area contributed by atoms with Crippen LogP contribution in [0.1, 0.15) is 30.9 Å². The molecule has 2 aromatic carbocycles. The van der Waals surface area contributed by atoms with Crippen LogP contribution in [0.5, 0.6) is 5.75 Å². The average Bonchev–Trinajstić information content (AvgIpc) is 2.76. The third kappa shape index (κ3) is 3.97. The molecule has 2 aliphatic rings. The number of Topliss-reactive ketones (excluding diaryl/α,β-unsaturated/α-hetero) is 1. The highest BCUT2D eigenvalue weighted by atomic mass is 127. The van der Waals surface area contributed by atoms with E-state index < -0.39 is 17.7 Å². The summed E-state index contributed by atoms with van der Waals surface area (Å²) in [5.74, 6) is 1.23. The van der Waals surface area contributed by atoms with Gasteiger partial charge in [-0.1, -0.05) is 64.5 Å². The van der Waals surface area contributed by atoms with E-state index in [1.54, 1.807) is 13.2 Å². The van der Waals surface area contributed by atoms with Crippen LogP contribution >= 0.6 is 34.2 Å². The van der Waals surface area contributed by atoms with Gasteiger partial charge in [0.15, 0.2) is 11.6 Å². The van der Waals surface area contributed by atoms with E-state index in [9.17, 15) is 4.79 Å². The number of fused-ring (bicyclic) bond motifs is 2. The summed E-state index contributed by atoms with van der Waals surface area (Å²) in [6, 6.07) is 15.2. The van der Waals surface area contributed by atoms with Gasteiger partial charge < -0.3 is 14.2 Å². The van der Waals surface area contributed by atoms with Crippen molar-refractivity contribution < 1.29 is 19.0 Å². The fraction of sp³-hybridized carbons (Fsp3) is 0.391. The Bertz CT molecular complexity index is 964. The Kier molecular flexibility index (Phi) is 6.36. The smallest absolute Gasteiger partial charge is 0.215 e. The van der Waals surface area contributed by atoms with Crippen molar-refractivity contribution in [2.45, 2.75) is 48.0 Å². The van der Waals surface area contributed by atoms with E-state index in [1.807, 2.05) is 49.4 Å². The number of ketones is 1. The molecule has 0 aromatic heterocycles. The van der Waals surface area contributed by atoms with Crippen molar-refractivity contribution in [3.8, 4) is 5.75 Å². The number of hydrogen-bond donors (Lipinski definition) is 0. The molecule has 0 spiro atoms. The first-order valence-electron chi connectivity index (χ1n) is 9.89. The van der Waals surface area contributed by atoms with Crippen LogP contribution < -0.4 is 4.74 Å². The first kappa shape index (κ1) is 21.6. The van der Waals surface area contributed by atoms with Gasteiger partial charge in [0, 0.05) is 10.6 Å². The van der Waals surface area contributed by atoms with Gasteiger partial charge in [0.05, 0.1) is 17.6 Å². The molecule has 4 atom stereocenters. The van der Waals surface area contributed by atoms with Gasteiger partial charge in [-0.15, -0.1) is 0 Å². The summed E-state index contributed by atoms with van der Waals surface area (Å²) in [6.45, 7) is 2.30. The van der Waals surface area contributed by atoms with Gasteiger partial charge >= 0.3 is 0 Å².